The van der Waals surface area contributed by atoms with Crippen molar-refractivity contribution in [2.75, 3.05) is 0 Å². The Hall–Kier alpha value is -5.87. The van der Waals surface area contributed by atoms with Gasteiger partial charge in [0.1, 0.15) is 0 Å². The Bertz CT molecular complexity index is 2710. The Labute approximate surface area is 388 Å². The molecule has 0 spiro atoms. The maximum atomic E-state index is 15.4. The van der Waals surface area contributed by atoms with Gasteiger partial charge in [0.25, 0.3) is 0 Å². The first-order chi connectivity index (χ1) is 33.1. The molecule has 1 saturated carbocycles. The number of halogens is 20. The van der Waals surface area contributed by atoms with Gasteiger partial charge in [0.2, 0.25) is 0 Å². The van der Waals surface area contributed by atoms with Gasteiger partial charge >= 0.3 is 236 Å². The third-order valence-corrected chi connectivity index (χ3v) is 25.6. The Morgan fingerprint density at radius 1 is 0.271 bits per heavy atom. The summed E-state index contributed by atoms with van der Waals surface area (Å²) in [5, 5.41) is 0. The minimum Gasteiger partial charge on any atom is -0.0619 e. The summed E-state index contributed by atoms with van der Waals surface area (Å²) in [4.78, 5) is 4.19. The van der Waals surface area contributed by atoms with Crippen molar-refractivity contribution in [1.82, 2.24) is 0 Å². The number of rotatable bonds is 8. The third-order valence-electron chi connectivity index (χ3n) is 11.9. The van der Waals surface area contributed by atoms with E-state index in [4.69, 9.17) is 0 Å². The van der Waals surface area contributed by atoms with Crippen molar-refractivity contribution >= 4 is 42.4 Å². The molecule has 7 aromatic rings. The third kappa shape index (κ3) is 8.62. The zero-order valence-corrected chi connectivity index (χ0v) is 38.0. The van der Waals surface area contributed by atoms with Crippen LogP contribution in [0.5, 0.6) is 0 Å². The minimum atomic E-state index is -9.74. The fraction of sp³-hybridized carbons (Fsp3) is 0.125. The summed E-state index contributed by atoms with van der Waals surface area (Å²) >= 11 is -9.74. The molecule has 70 heavy (non-hydrogen) atoms. The summed E-state index contributed by atoms with van der Waals surface area (Å²) in [6, 6.07) is 31.3. The quantitative estimate of drug-likeness (QED) is 0.0468. The summed E-state index contributed by atoms with van der Waals surface area (Å²) in [5.74, 6) is -69.8. The van der Waals surface area contributed by atoms with Crippen molar-refractivity contribution < 1.29 is 87.8 Å². The molecular weight excluding hydrogens is 1060 g/mol. The van der Waals surface area contributed by atoms with E-state index < -0.39 is 148 Å². The van der Waals surface area contributed by atoms with Crippen molar-refractivity contribution in [3.63, 3.8) is 0 Å². The molecule has 0 atom stereocenters. The average molecular weight is 1080 g/mol. The molecule has 0 radical (unpaired) electrons. The van der Waals surface area contributed by atoms with Crippen molar-refractivity contribution in [1.29, 1.82) is 0 Å². The van der Waals surface area contributed by atoms with Crippen LogP contribution in [0.3, 0.4) is 0 Å². The van der Waals surface area contributed by atoms with Gasteiger partial charge in [-0.25, -0.2) is 0 Å². The summed E-state index contributed by atoms with van der Waals surface area (Å²) in [7, 11) is -0.0278. The smallest absolute Gasteiger partial charge is 0.0619 e. The van der Waals surface area contributed by atoms with E-state index in [1.54, 1.807) is 0 Å². The van der Waals surface area contributed by atoms with E-state index in [0.717, 1.165) is 5.92 Å². The van der Waals surface area contributed by atoms with Crippen LogP contribution in [-0.2, 0) is 10.9 Å². The molecule has 7 aromatic carbocycles. The van der Waals surface area contributed by atoms with Crippen LogP contribution >= 0.6 is 0 Å². The van der Waals surface area contributed by atoms with Crippen molar-refractivity contribution in [3.05, 3.63) is 207 Å². The molecule has 0 amide bonds. The van der Waals surface area contributed by atoms with Gasteiger partial charge in [0, 0.05) is 0 Å². The molecule has 1 aliphatic carbocycles. The van der Waals surface area contributed by atoms with E-state index in [9.17, 15) is 52.7 Å². The summed E-state index contributed by atoms with van der Waals surface area (Å²) < 4.78 is 281. The van der Waals surface area contributed by atoms with Crippen LogP contribution in [0.1, 0.15) is 43.6 Å². The van der Waals surface area contributed by atoms with Gasteiger partial charge in [-0.1, -0.05) is 67.8 Å². The fourth-order valence-corrected chi connectivity index (χ4v) is 22.9. The van der Waals surface area contributed by atoms with Crippen LogP contribution in [-0.4, -0.2) is 15.0 Å². The average Bonchev–Trinajstić information content (AvgIpc) is 3.37. The maximum Gasteiger partial charge on any atom is 0.166 e. The first-order valence-corrected chi connectivity index (χ1v) is 26.4. The standard InChI is InChI=1S/C24H25S.4C6F5.Ga/c1-4-10-20(11-5-1)21-16-18-24(19-17-21)25(22-12-6-2-7-13-22)23-14-8-3-9-15-23;4*7-2-1-3(8)5(10)6(11)4(2)9;/h2-3,6-9,12-20H,1,4-5,10-11H2;;;;;/q+1;;;;;-1. The molecule has 0 aromatic heterocycles. The van der Waals surface area contributed by atoms with Crippen molar-refractivity contribution in [3.8, 4) is 0 Å². The molecule has 0 heterocycles. The SMILES string of the molecule is Fc1c(F)c(F)[c]([Ga-]([c]2c(F)c(F)c(F)c(F)c2F)([c]2c(F)c(F)c(F)c(F)c2F)[c]2c(F)c(F)c(F)c(F)c2F)c(F)c1F.c1ccc([S+](c2ccccc2)c2ccc(C3CCCCC3)cc2)cc1. The molecule has 0 bridgehead atoms. The van der Waals surface area contributed by atoms with E-state index in [1.807, 2.05) is 0 Å². The second-order valence-corrected chi connectivity index (χ2v) is 26.1. The van der Waals surface area contributed by atoms with Gasteiger partial charge in [0.05, 0.1) is 10.9 Å². The second kappa shape index (κ2) is 20.5. The normalized spacial score (nSPS) is 13.2. The topological polar surface area (TPSA) is 0 Å². The first kappa shape index (κ1) is 52.0. The van der Waals surface area contributed by atoms with E-state index in [2.05, 4.69) is 84.9 Å². The molecule has 1 aliphatic rings. The van der Waals surface area contributed by atoms with E-state index in [-0.39, 0.29) is 10.9 Å². The van der Waals surface area contributed by atoms with Crippen molar-refractivity contribution in [2.24, 2.45) is 0 Å². The van der Waals surface area contributed by atoms with Crippen LogP contribution in [0, 0.1) is 116 Å². The predicted molar refractivity (Wildman–Crippen MR) is 217 cm³/mol. The molecule has 1 fully saturated rings. The van der Waals surface area contributed by atoms with E-state index in [1.165, 1.54) is 52.4 Å². The van der Waals surface area contributed by atoms with Crippen LogP contribution in [0.4, 0.5) is 87.8 Å². The summed E-state index contributed by atoms with van der Waals surface area (Å²) in [6.45, 7) is 0. The Morgan fingerprint density at radius 3 is 0.757 bits per heavy atom. The molecule has 0 N–H and O–H groups in total. The molecule has 0 unspecified atom stereocenters. The molecular formula is C48H25F20GaS. The van der Waals surface area contributed by atoms with E-state index in [0.29, 0.717) is 0 Å². The molecule has 366 valence electrons. The van der Waals surface area contributed by atoms with Crippen LogP contribution < -0.4 is 16.5 Å². The second-order valence-electron chi connectivity index (χ2n) is 15.6. The maximum absolute atomic E-state index is 15.4. The van der Waals surface area contributed by atoms with Crippen LogP contribution in [0.25, 0.3) is 0 Å². The molecule has 8 rings (SSSR count). The number of hydrogen-bond acceptors (Lipinski definition) is 0. The molecule has 0 nitrogen and oxygen atoms in total. The Balaban J connectivity index is 0.000000242. The van der Waals surface area contributed by atoms with Gasteiger partial charge in [-0.2, -0.15) is 0 Å². The van der Waals surface area contributed by atoms with Gasteiger partial charge in [-0.15, -0.1) is 0 Å². The zero-order chi connectivity index (χ0) is 51.3. The molecule has 22 heteroatoms. The summed E-state index contributed by atoms with van der Waals surface area (Å²) in [5.41, 5.74) is 1.54. The molecule has 0 aliphatic heterocycles. The van der Waals surface area contributed by atoms with E-state index >= 15 is 35.1 Å². The van der Waals surface area contributed by atoms with Gasteiger partial charge in [-0.3, -0.25) is 0 Å². The fourth-order valence-electron chi connectivity index (χ4n) is 8.71. The zero-order valence-electron chi connectivity index (χ0n) is 34.7. The first-order valence-electron chi connectivity index (χ1n) is 20.3. The Kier molecular flexibility index (Phi) is 15.2. The Morgan fingerprint density at radius 2 is 0.500 bits per heavy atom. The summed E-state index contributed by atoms with van der Waals surface area (Å²) in [6.07, 6.45) is 6.93. The van der Waals surface area contributed by atoms with Gasteiger partial charge < -0.3 is 0 Å². The largest absolute Gasteiger partial charge is 0.166 e. The van der Waals surface area contributed by atoms with Crippen LogP contribution in [0.2, 0.25) is 0 Å². The van der Waals surface area contributed by atoms with Crippen molar-refractivity contribution in [2.45, 2.75) is 52.7 Å². The predicted octanol–water partition coefficient (Wildman–Crippen LogP) is 12.7. The molecule has 0 saturated heterocycles. The number of benzene rings is 7. The van der Waals surface area contributed by atoms with Gasteiger partial charge in [-0.05, 0) is 60.7 Å². The van der Waals surface area contributed by atoms with Crippen LogP contribution in [0.15, 0.2) is 99.6 Å². The monoisotopic (exact) mass is 1080 g/mol. The minimum absolute atomic E-state index is 0.0278. The number of hydrogen-bond donors (Lipinski definition) is 0. The van der Waals surface area contributed by atoms with Gasteiger partial charge in [0.15, 0.2) is 14.7 Å².